The number of carbonyl (C=O) groups excluding carboxylic acids is 1. The minimum Gasteiger partial charge on any atom is -0.397 e. The Morgan fingerprint density at radius 2 is 2.17 bits per heavy atom. The summed E-state index contributed by atoms with van der Waals surface area (Å²) in [6, 6.07) is 5.70. The van der Waals surface area contributed by atoms with Gasteiger partial charge in [0.15, 0.2) is 5.82 Å². The number of benzene rings is 1. The summed E-state index contributed by atoms with van der Waals surface area (Å²) in [4.78, 5) is 15.2. The topological polar surface area (TPSA) is 113 Å². The highest BCUT2D eigenvalue weighted by Crippen LogP contribution is 2.34. The summed E-state index contributed by atoms with van der Waals surface area (Å²) >= 11 is 0. The molecule has 1 atom stereocenters. The highest BCUT2D eigenvalue weighted by Gasteiger charge is 2.40. The molecule has 0 spiro atoms. The van der Waals surface area contributed by atoms with Gasteiger partial charge in [-0.2, -0.15) is 5.21 Å². The fourth-order valence-corrected chi connectivity index (χ4v) is 3.28. The van der Waals surface area contributed by atoms with E-state index in [1.807, 2.05) is 37.1 Å². The number of tetrazole rings is 1. The van der Waals surface area contributed by atoms with Gasteiger partial charge in [-0.15, -0.1) is 10.2 Å². The second-order valence-corrected chi connectivity index (χ2v) is 6.39. The van der Waals surface area contributed by atoms with Crippen molar-refractivity contribution in [1.82, 2.24) is 25.5 Å². The van der Waals surface area contributed by atoms with Gasteiger partial charge in [0.25, 0.3) is 0 Å². The Balaban J connectivity index is 2.00. The first-order valence-electron chi connectivity index (χ1n) is 8.14. The number of hydrogen-bond acceptors (Lipinski definition) is 6. The van der Waals surface area contributed by atoms with Crippen molar-refractivity contribution in [2.45, 2.75) is 31.6 Å². The van der Waals surface area contributed by atoms with Crippen molar-refractivity contribution >= 4 is 17.3 Å². The van der Waals surface area contributed by atoms with Crippen LogP contribution in [0.5, 0.6) is 0 Å². The third kappa shape index (κ3) is 2.91. The number of likely N-dealkylation sites (tertiary alicyclic amines) is 1. The first kappa shape index (κ1) is 16.2. The molecule has 1 aromatic heterocycles. The molecule has 3 rings (SSSR count). The second kappa shape index (κ2) is 6.46. The number of nitrogens with zero attached hydrogens (tertiary/aromatic N) is 4. The fraction of sp³-hybridized carbons (Fsp3) is 0.500. The second-order valence-electron chi connectivity index (χ2n) is 6.39. The number of aromatic nitrogens is 4. The average Bonchev–Trinajstić information content (AvgIpc) is 3.27. The van der Waals surface area contributed by atoms with E-state index in [4.69, 9.17) is 5.73 Å². The minimum absolute atomic E-state index is 0.0846. The predicted molar refractivity (Wildman–Crippen MR) is 91.4 cm³/mol. The van der Waals surface area contributed by atoms with Crippen molar-refractivity contribution in [3.05, 3.63) is 29.6 Å². The van der Waals surface area contributed by atoms with Crippen molar-refractivity contribution in [3.8, 4) is 0 Å². The number of aromatic amines is 1. The molecule has 0 aliphatic carbocycles. The Hall–Kier alpha value is -2.64. The van der Waals surface area contributed by atoms with Crippen LogP contribution in [0.3, 0.4) is 0 Å². The zero-order valence-electron chi connectivity index (χ0n) is 14.0. The van der Waals surface area contributed by atoms with Gasteiger partial charge < -0.3 is 16.0 Å². The molecule has 0 radical (unpaired) electrons. The monoisotopic (exact) mass is 329 g/mol. The van der Waals surface area contributed by atoms with E-state index in [2.05, 4.69) is 25.9 Å². The maximum absolute atomic E-state index is 13.2. The summed E-state index contributed by atoms with van der Waals surface area (Å²) in [5.41, 5.74) is 7.65. The van der Waals surface area contributed by atoms with Crippen LogP contribution in [-0.4, -0.2) is 51.6 Å². The summed E-state index contributed by atoms with van der Waals surface area (Å²) in [5.74, 6) is 0.600. The number of nitrogens with two attached hydrogens (primary N) is 1. The van der Waals surface area contributed by atoms with E-state index in [1.54, 1.807) is 0 Å². The first-order valence-corrected chi connectivity index (χ1v) is 8.14. The van der Waals surface area contributed by atoms with Gasteiger partial charge in [-0.05, 0) is 37.5 Å². The van der Waals surface area contributed by atoms with Crippen LogP contribution in [0.15, 0.2) is 18.2 Å². The highest BCUT2D eigenvalue weighted by atomic mass is 16.2. The van der Waals surface area contributed by atoms with Gasteiger partial charge in [-0.1, -0.05) is 11.3 Å². The van der Waals surface area contributed by atoms with Crippen LogP contribution < -0.4 is 11.1 Å². The minimum atomic E-state index is -0.783. The standard InChI is InChI=1S/C16H23N7O/c1-16(10-14-19-21-22-20-14,15(24)23-7-3-4-8-23)11-5-6-13(18-2)12(17)9-11/h5-6,9,18H,3-4,7-8,10,17H2,1-2H3,(H,19,20,21,22). The molecule has 8 heteroatoms. The van der Waals surface area contributed by atoms with E-state index in [0.717, 1.165) is 37.2 Å². The maximum Gasteiger partial charge on any atom is 0.233 e. The van der Waals surface area contributed by atoms with Gasteiger partial charge in [0.05, 0.1) is 16.8 Å². The van der Waals surface area contributed by atoms with Gasteiger partial charge >= 0.3 is 0 Å². The Morgan fingerprint density at radius 3 is 2.75 bits per heavy atom. The smallest absolute Gasteiger partial charge is 0.233 e. The number of rotatable bonds is 5. The Labute approximate surface area is 140 Å². The van der Waals surface area contributed by atoms with Crippen LogP contribution in [0, 0.1) is 0 Å². The molecule has 2 aromatic rings. The van der Waals surface area contributed by atoms with E-state index in [1.165, 1.54) is 0 Å². The van der Waals surface area contributed by atoms with Crippen LogP contribution >= 0.6 is 0 Å². The fourth-order valence-electron chi connectivity index (χ4n) is 3.28. The summed E-state index contributed by atoms with van der Waals surface area (Å²) in [6.07, 6.45) is 2.47. The molecule has 128 valence electrons. The maximum atomic E-state index is 13.2. The molecule has 1 aromatic carbocycles. The highest BCUT2D eigenvalue weighted by molar-refractivity contribution is 5.89. The molecule has 0 bridgehead atoms. The number of carbonyl (C=O) groups is 1. The third-order valence-corrected chi connectivity index (χ3v) is 4.72. The SMILES string of the molecule is CNc1ccc(C(C)(Cc2nn[nH]n2)C(=O)N2CCCC2)cc1N. The lowest BCUT2D eigenvalue weighted by Gasteiger charge is -2.32. The molecular weight excluding hydrogens is 306 g/mol. The first-order chi connectivity index (χ1) is 11.5. The van der Waals surface area contributed by atoms with Gasteiger partial charge in [-0.3, -0.25) is 4.79 Å². The van der Waals surface area contributed by atoms with E-state index in [9.17, 15) is 4.79 Å². The lowest BCUT2D eigenvalue weighted by atomic mass is 9.77. The number of amides is 1. The zero-order chi connectivity index (χ0) is 17.2. The van der Waals surface area contributed by atoms with Gasteiger partial charge in [-0.25, -0.2) is 0 Å². The van der Waals surface area contributed by atoms with E-state index >= 15 is 0 Å². The normalized spacial score (nSPS) is 16.8. The third-order valence-electron chi connectivity index (χ3n) is 4.72. The molecular formula is C16H23N7O. The van der Waals surface area contributed by atoms with E-state index in [-0.39, 0.29) is 5.91 Å². The van der Waals surface area contributed by atoms with Crippen LogP contribution in [0.25, 0.3) is 0 Å². The van der Waals surface area contributed by atoms with Gasteiger partial charge in [0.1, 0.15) is 0 Å². The van der Waals surface area contributed by atoms with Crippen molar-refractivity contribution in [3.63, 3.8) is 0 Å². The molecule has 0 saturated carbocycles. The van der Waals surface area contributed by atoms with Gasteiger partial charge in [0, 0.05) is 26.6 Å². The van der Waals surface area contributed by atoms with E-state index in [0.29, 0.717) is 17.9 Å². The summed E-state index contributed by atoms with van der Waals surface area (Å²) in [5, 5.41) is 17.2. The molecule has 24 heavy (non-hydrogen) atoms. The summed E-state index contributed by atoms with van der Waals surface area (Å²) < 4.78 is 0. The van der Waals surface area contributed by atoms with Crippen molar-refractivity contribution < 1.29 is 4.79 Å². The molecule has 1 fully saturated rings. The Kier molecular flexibility index (Phi) is 4.37. The van der Waals surface area contributed by atoms with Gasteiger partial charge in [0.2, 0.25) is 5.91 Å². The number of nitrogen functional groups attached to an aromatic ring is 1. The van der Waals surface area contributed by atoms with Crippen LogP contribution in [0.4, 0.5) is 11.4 Å². The van der Waals surface area contributed by atoms with Crippen molar-refractivity contribution in [2.75, 3.05) is 31.2 Å². The number of H-pyrrole nitrogens is 1. The lowest BCUT2D eigenvalue weighted by molar-refractivity contribution is -0.135. The Morgan fingerprint density at radius 1 is 1.42 bits per heavy atom. The molecule has 1 unspecified atom stereocenters. The lowest BCUT2D eigenvalue weighted by Crippen LogP contribution is -2.45. The summed E-state index contributed by atoms with van der Waals surface area (Å²) in [6.45, 7) is 3.52. The molecule has 1 amide bonds. The van der Waals surface area contributed by atoms with Crippen LogP contribution in [0.2, 0.25) is 0 Å². The molecule has 8 nitrogen and oxygen atoms in total. The average molecular weight is 329 g/mol. The molecule has 2 heterocycles. The Bertz CT molecular complexity index is 709. The number of anilines is 2. The molecule has 1 aliphatic rings. The number of hydrogen-bond donors (Lipinski definition) is 3. The predicted octanol–water partition coefficient (Wildman–Crippen LogP) is 0.946. The van der Waals surface area contributed by atoms with Crippen molar-refractivity contribution in [2.24, 2.45) is 0 Å². The molecule has 4 N–H and O–H groups in total. The zero-order valence-corrected chi connectivity index (χ0v) is 14.0. The van der Waals surface area contributed by atoms with Crippen LogP contribution in [0.1, 0.15) is 31.2 Å². The van der Waals surface area contributed by atoms with Crippen LogP contribution in [-0.2, 0) is 16.6 Å². The number of nitrogens with one attached hydrogen (secondary N) is 2. The quantitative estimate of drug-likeness (QED) is 0.704. The largest absolute Gasteiger partial charge is 0.397 e. The molecule has 1 aliphatic heterocycles. The van der Waals surface area contributed by atoms with Crippen molar-refractivity contribution in [1.29, 1.82) is 0 Å². The molecule has 1 saturated heterocycles. The summed E-state index contributed by atoms with van der Waals surface area (Å²) in [7, 11) is 1.82. The van der Waals surface area contributed by atoms with E-state index < -0.39 is 5.41 Å².